The summed E-state index contributed by atoms with van der Waals surface area (Å²) in [4.78, 5) is 4.49. The van der Waals surface area contributed by atoms with Gasteiger partial charge in [0.2, 0.25) is 0 Å². The first-order valence-corrected chi connectivity index (χ1v) is 6.35. The molecule has 3 nitrogen and oxygen atoms in total. The van der Waals surface area contributed by atoms with Crippen LogP contribution in [0.5, 0.6) is 0 Å². The molecule has 0 amide bonds. The van der Waals surface area contributed by atoms with Crippen LogP contribution in [0.3, 0.4) is 0 Å². The molecular weight excluding hydrogens is 234 g/mol. The summed E-state index contributed by atoms with van der Waals surface area (Å²) in [6, 6.07) is 8.54. The number of hydrogen-bond donors (Lipinski definition) is 1. The van der Waals surface area contributed by atoms with Crippen LogP contribution in [0.4, 0.5) is 5.69 Å². The quantitative estimate of drug-likeness (QED) is 0.720. The average Bonchev–Trinajstić information content (AvgIpc) is 2.66. The number of rotatable bonds is 1. The molecular formula is C16H17N3. The van der Waals surface area contributed by atoms with Crippen molar-refractivity contribution in [3.05, 3.63) is 47.8 Å². The molecule has 0 atom stereocenters. The van der Waals surface area contributed by atoms with Gasteiger partial charge in [0.05, 0.1) is 5.69 Å². The van der Waals surface area contributed by atoms with Crippen LogP contribution in [-0.4, -0.2) is 9.55 Å². The monoisotopic (exact) mass is 251 g/mol. The van der Waals surface area contributed by atoms with Crippen molar-refractivity contribution in [1.29, 1.82) is 0 Å². The third-order valence-corrected chi connectivity index (χ3v) is 3.54. The maximum atomic E-state index is 6.15. The van der Waals surface area contributed by atoms with Crippen molar-refractivity contribution in [2.24, 2.45) is 7.05 Å². The zero-order valence-corrected chi connectivity index (χ0v) is 11.4. The lowest BCUT2D eigenvalue weighted by molar-refractivity contribution is 0.949. The number of benzene rings is 1. The number of hydrogen-bond acceptors (Lipinski definition) is 2. The van der Waals surface area contributed by atoms with E-state index in [0.29, 0.717) is 0 Å². The Balaban J connectivity index is 2.39. The van der Waals surface area contributed by atoms with E-state index in [4.69, 9.17) is 5.73 Å². The largest absolute Gasteiger partial charge is 0.397 e. The van der Waals surface area contributed by atoms with Gasteiger partial charge in [-0.1, -0.05) is 29.8 Å². The first kappa shape index (κ1) is 11.8. The van der Waals surface area contributed by atoms with Gasteiger partial charge in [-0.15, -0.1) is 0 Å². The van der Waals surface area contributed by atoms with E-state index < -0.39 is 0 Å². The second-order valence-corrected chi connectivity index (χ2v) is 5.08. The molecule has 2 heterocycles. The Bertz CT molecular complexity index is 752. The lowest BCUT2D eigenvalue weighted by Gasteiger charge is -2.09. The van der Waals surface area contributed by atoms with Crippen molar-refractivity contribution in [1.82, 2.24) is 9.55 Å². The van der Waals surface area contributed by atoms with Crippen LogP contribution in [0.2, 0.25) is 0 Å². The van der Waals surface area contributed by atoms with E-state index >= 15 is 0 Å². The number of anilines is 1. The van der Waals surface area contributed by atoms with Crippen molar-refractivity contribution in [3.8, 4) is 11.1 Å². The fourth-order valence-corrected chi connectivity index (χ4v) is 2.56. The molecule has 0 aliphatic rings. The molecule has 0 aliphatic carbocycles. The third-order valence-electron chi connectivity index (χ3n) is 3.54. The van der Waals surface area contributed by atoms with Gasteiger partial charge in [-0.05, 0) is 30.5 Å². The Morgan fingerprint density at radius 3 is 2.47 bits per heavy atom. The van der Waals surface area contributed by atoms with E-state index in [1.165, 1.54) is 16.7 Å². The van der Waals surface area contributed by atoms with Gasteiger partial charge < -0.3 is 10.3 Å². The van der Waals surface area contributed by atoms with E-state index in [0.717, 1.165) is 22.3 Å². The Labute approximate surface area is 112 Å². The molecule has 0 spiro atoms. The predicted octanol–water partition coefficient (Wildman–Crippen LogP) is 3.44. The number of aromatic nitrogens is 2. The van der Waals surface area contributed by atoms with E-state index in [-0.39, 0.29) is 0 Å². The maximum absolute atomic E-state index is 6.15. The zero-order chi connectivity index (χ0) is 13.6. The summed E-state index contributed by atoms with van der Waals surface area (Å²) < 4.78 is 1.97. The fraction of sp³-hybridized carbons (Fsp3) is 0.188. The minimum absolute atomic E-state index is 0.782. The van der Waals surface area contributed by atoms with Crippen LogP contribution in [-0.2, 0) is 7.05 Å². The molecule has 2 aromatic heterocycles. The summed E-state index contributed by atoms with van der Waals surface area (Å²) >= 11 is 0. The fourth-order valence-electron chi connectivity index (χ4n) is 2.56. The highest BCUT2D eigenvalue weighted by atomic mass is 15.0. The van der Waals surface area contributed by atoms with Gasteiger partial charge in [0.15, 0.2) is 0 Å². The van der Waals surface area contributed by atoms with Crippen LogP contribution in [0.1, 0.15) is 11.1 Å². The van der Waals surface area contributed by atoms with Gasteiger partial charge in [0, 0.05) is 24.8 Å². The Kier molecular flexibility index (Phi) is 2.56. The number of nitrogens with two attached hydrogens (primary N) is 1. The Hall–Kier alpha value is -2.29. The summed E-state index contributed by atoms with van der Waals surface area (Å²) in [6.07, 6.45) is 3.84. The Morgan fingerprint density at radius 1 is 1.11 bits per heavy atom. The lowest BCUT2D eigenvalue weighted by Crippen LogP contribution is -1.92. The van der Waals surface area contributed by atoms with Gasteiger partial charge >= 0.3 is 0 Å². The molecule has 0 saturated carbocycles. The molecule has 0 aliphatic heterocycles. The summed E-state index contributed by atoms with van der Waals surface area (Å²) in [6.45, 7) is 4.17. The molecule has 0 radical (unpaired) electrons. The molecule has 0 unspecified atom stereocenters. The minimum atomic E-state index is 0.782. The van der Waals surface area contributed by atoms with Crippen LogP contribution < -0.4 is 5.73 Å². The van der Waals surface area contributed by atoms with Crippen LogP contribution in [0.25, 0.3) is 22.2 Å². The molecule has 0 fully saturated rings. The molecule has 3 aromatic rings. The second-order valence-electron chi connectivity index (χ2n) is 5.08. The molecule has 96 valence electrons. The van der Waals surface area contributed by atoms with Gasteiger partial charge in [-0.2, -0.15) is 0 Å². The van der Waals surface area contributed by atoms with E-state index in [1.54, 1.807) is 0 Å². The van der Waals surface area contributed by atoms with E-state index in [1.807, 2.05) is 24.0 Å². The number of fused-ring (bicyclic) bond motifs is 1. The normalized spacial score (nSPS) is 11.1. The number of nitrogens with zero attached hydrogens (tertiary/aromatic N) is 2. The van der Waals surface area contributed by atoms with Crippen molar-refractivity contribution in [3.63, 3.8) is 0 Å². The van der Waals surface area contributed by atoms with Crippen LogP contribution >= 0.6 is 0 Å². The summed E-state index contributed by atoms with van der Waals surface area (Å²) in [5.41, 5.74) is 12.6. The molecule has 1 aromatic carbocycles. The van der Waals surface area contributed by atoms with E-state index in [9.17, 15) is 0 Å². The smallest absolute Gasteiger partial charge is 0.142 e. The van der Waals surface area contributed by atoms with Crippen LogP contribution in [0, 0.1) is 13.8 Å². The highest BCUT2D eigenvalue weighted by Crippen LogP contribution is 2.35. The van der Waals surface area contributed by atoms with Crippen molar-refractivity contribution in [2.75, 3.05) is 5.73 Å². The van der Waals surface area contributed by atoms with E-state index in [2.05, 4.69) is 43.1 Å². The number of pyridine rings is 1. The summed E-state index contributed by atoms with van der Waals surface area (Å²) in [5.74, 6) is 0. The molecule has 0 bridgehead atoms. The maximum Gasteiger partial charge on any atom is 0.142 e. The van der Waals surface area contributed by atoms with Crippen molar-refractivity contribution >= 4 is 16.7 Å². The average molecular weight is 251 g/mol. The highest BCUT2D eigenvalue weighted by Gasteiger charge is 2.14. The van der Waals surface area contributed by atoms with Crippen LogP contribution in [0.15, 0.2) is 36.7 Å². The second kappa shape index (κ2) is 4.12. The summed E-state index contributed by atoms with van der Waals surface area (Å²) in [7, 11) is 1.97. The SMILES string of the molecule is Cc1ccc(-c2c(C)cnc3c2c(N)cn3C)cc1. The highest BCUT2D eigenvalue weighted by molar-refractivity contribution is 6.02. The molecule has 3 heteroatoms. The molecule has 0 saturated heterocycles. The molecule has 19 heavy (non-hydrogen) atoms. The first-order chi connectivity index (χ1) is 9.08. The Morgan fingerprint density at radius 2 is 1.79 bits per heavy atom. The van der Waals surface area contributed by atoms with Gasteiger partial charge in [-0.3, -0.25) is 0 Å². The summed E-state index contributed by atoms with van der Waals surface area (Å²) in [5, 5.41) is 1.05. The van der Waals surface area contributed by atoms with Gasteiger partial charge in [0.25, 0.3) is 0 Å². The zero-order valence-electron chi connectivity index (χ0n) is 11.4. The van der Waals surface area contributed by atoms with Crippen molar-refractivity contribution < 1.29 is 0 Å². The minimum Gasteiger partial charge on any atom is -0.397 e. The van der Waals surface area contributed by atoms with Gasteiger partial charge in [0.1, 0.15) is 5.65 Å². The first-order valence-electron chi connectivity index (χ1n) is 6.35. The number of nitrogen functional groups attached to an aromatic ring is 1. The topological polar surface area (TPSA) is 43.8 Å². The molecule has 3 rings (SSSR count). The third kappa shape index (κ3) is 1.78. The predicted molar refractivity (Wildman–Crippen MR) is 80.0 cm³/mol. The standard InChI is InChI=1S/C16H17N3/c1-10-4-6-12(7-5-10)14-11(2)8-18-16-15(14)13(17)9-19(16)3/h4-9H,17H2,1-3H3. The lowest BCUT2D eigenvalue weighted by atomic mass is 9.98. The number of aryl methyl sites for hydroxylation is 3. The van der Waals surface area contributed by atoms with Gasteiger partial charge in [-0.25, -0.2) is 4.98 Å². The molecule has 2 N–H and O–H groups in total. The van der Waals surface area contributed by atoms with Crippen molar-refractivity contribution in [2.45, 2.75) is 13.8 Å².